The van der Waals surface area contributed by atoms with Gasteiger partial charge in [0.15, 0.2) is 6.10 Å². The van der Waals surface area contributed by atoms with Gasteiger partial charge in [0.05, 0.1) is 5.69 Å². The van der Waals surface area contributed by atoms with Crippen molar-refractivity contribution in [3.8, 4) is 5.75 Å². The summed E-state index contributed by atoms with van der Waals surface area (Å²) in [7, 11) is 0. The summed E-state index contributed by atoms with van der Waals surface area (Å²) in [6.07, 6.45) is 2.03. The normalized spacial score (nSPS) is 17.9. The summed E-state index contributed by atoms with van der Waals surface area (Å²) in [6, 6.07) is 11.4. The lowest BCUT2D eigenvalue weighted by atomic mass is 10.1. The van der Waals surface area contributed by atoms with Crippen molar-refractivity contribution >= 4 is 5.78 Å². The highest BCUT2D eigenvalue weighted by molar-refractivity contribution is 5.98. The van der Waals surface area contributed by atoms with Crippen LogP contribution in [0.5, 0.6) is 5.75 Å². The van der Waals surface area contributed by atoms with E-state index in [1.807, 2.05) is 30.3 Å². The number of ketones is 1. The van der Waals surface area contributed by atoms with Crippen molar-refractivity contribution in [1.82, 2.24) is 4.98 Å². The largest absolute Gasteiger partial charge is 0.482 e. The molecule has 2 aromatic rings. The molecular weight excluding hydrogens is 202 g/mol. The van der Waals surface area contributed by atoms with Crippen molar-refractivity contribution in [3.63, 3.8) is 0 Å². The zero-order chi connectivity index (χ0) is 11.0. The number of carbonyl (C=O) groups excluding carboxylic acids is 1. The summed E-state index contributed by atoms with van der Waals surface area (Å²) < 4.78 is 5.62. The summed E-state index contributed by atoms with van der Waals surface area (Å²) in [5.74, 6) is 0.841. The number of fused-ring (bicyclic) bond motifs is 1. The molecule has 1 unspecified atom stereocenters. The number of H-pyrrole nitrogens is 1. The van der Waals surface area contributed by atoms with Gasteiger partial charge < -0.3 is 9.72 Å². The molecular formula is C13H11NO2. The van der Waals surface area contributed by atoms with Gasteiger partial charge in [0.25, 0.3) is 0 Å². The number of aromatic amines is 1. The molecule has 0 amide bonds. The first-order chi connectivity index (χ1) is 7.84. The van der Waals surface area contributed by atoms with Crippen molar-refractivity contribution in [2.24, 2.45) is 0 Å². The smallest absolute Gasteiger partial charge is 0.219 e. The van der Waals surface area contributed by atoms with E-state index in [9.17, 15) is 4.79 Å². The summed E-state index contributed by atoms with van der Waals surface area (Å²) in [6.45, 7) is 0. The van der Waals surface area contributed by atoms with E-state index in [0.717, 1.165) is 11.3 Å². The Bertz CT molecular complexity index is 491. The van der Waals surface area contributed by atoms with Crippen LogP contribution in [0.3, 0.4) is 0 Å². The maximum Gasteiger partial charge on any atom is 0.219 e. The highest BCUT2D eigenvalue weighted by Gasteiger charge is 2.29. The first kappa shape index (κ1) is 9.21. The summed E-state index contributed by atoms with van der Waals surface area (Å²) in [5.41, 5.74) is 1.71. The molecule has 1 N–H and O–H groups in total. The van der Waals surface area contributed by atoms with Crippen molar-refractivity contribution < 1.29 is 9.53 Å². The highest BCUT2D eigenvalue weighted by atomic mass is 16.5. The van der Waals surface area contributed by atoms with Crippen LogP contribution in [-0.2, 0) is 6.42 Å². The number of nitrogens with one attached hydrogen (secondary N) is 1. The van der Waals surface area contributed by atoms with E-state index in [4.69, 9.17) is 4.74 Å². The third kappa shape index (κ3) is 1.41. The van der Waals surface area contributed by atoms with Crippen LogP contribution in [0.4, 0.5) is 0 Å². The van der Waals surface area contributed by atoms with Crippen molar-refractivity contribution in [2.75, 3.05) is 0 Å². The molecule has 0 bridgehead atoms. The molecule has 2 heterocycles. The molecule has 0 fully saturated rings. The number of hydrogen-bond donors (Lipinski definition) is 1. The van der Waals surface area contributed by atoms with Gasteiger partial charge in [-0.05, 0) is 23.8 Å². The van der Waals surface area contributed by atoms with E-state index < -0.39 is 0 Å². The summed E-state index contributed by atoms with van der Waals surface area (Å²) >= 11 is 0. The highest BCUT2D eigenvalue weighted by Crippen LogP contribution is 2.29. The molecule has 1 aromatic carbocycles. The average molecular weight is 213 g/mol. The fourth-order valence-corrected chi connectivity index (χ4v) is 1.99. The van der Waals surface area contributed by atoms with Crippen LogP contribution >= 0.6 is 0 Å². The van der Waals surface area contributed by atoms with Crippen molar-refractivity contribution in [1.29, 1.82) is 0 Å². The lowest BCUT2D eigenvalue weighted by Gasteiger charge is -2.07. The van der Waals surface area contributed by atoms with Crippen LogP contribution in [-0.4, -0.2) is 16.9 Å². The second-order valence-electron chi connectivity index (χ2n) is 3.87. The third-order valence-corrected chi connectivity index (χ3v) is 2.80. The van der Waals surface area contributed by atoms with Crippen molar-refractivity contribution in [2.45, 2.75) is 12.5 Å². The monoisotopic (exact) mass is 213 g/mol. The number of rotatable bonds is 2. The predicted molar refractivity (Wildman–Crippen MR) is 59.7 cm³/mol. The molecule has 0 saturated carbocycles. The van der Waals surface area contributed by atoms with Gasteiger partial charge in [-0.3, -0.25) is 4.79 Å². The Kier molecular flexibility index (Phi) is 2.03. The molecule has 3 nitrogen and oxygen atoms in total. The SMILES string of the molecule is O=C(c1ccc[nH]1)C1Cc2ccccc2O1. The van der Waals surface area contributed by atoms with Gasteiger partial charge in [-0.1, -0.05) is 18.2 Å². The van der Waals surface area contributed by atoms with E-state index in [1.54, 1.807) is 12.3 Å². The average Bonchev–Trinajstić information content (AvgIpc) is 2.97. The minimum absolute atomic E-state index is 0.0150. The van der Waals surface area contributed by atoms with E-state index >= 15 is 0 Å². The van der Waals surface area contributed by atoms with Crippen LogP contribution in [0, 0.1) is 0 Å². The molecule has 3 rings (SSSR count). The number of para-hydroxylation sites is 1. The van der Waals surface area contributed by atoms with Gasteiger partial charge in [-0.25, -0.2) is 0 Å². The predicted octanol–water partition coefficient (Wildman–Crippen LogP) is 2.20. The Morgan fingerprint density at radius 1 is 1.25 bits per heavy atom. The fourth-order valence-electron chi connectivity index (χ4n) is 1.99. The van der Waals surface area contributed by atoms with Crippen LogP contribution < -0.4 is 4.74 Å². The quantitative estimate of drug-likeness (QED) is 0.777. The fraction of sp³-hybridized carbons (Fsp3) is 0.154. The number of hydrogen-bond acceptors (Lipinski definition) is 2. The van der Waals surface area contributed by atoms with Crippen molar-refractivity contribution in [3.05, 3.63) is 53.9 Å². The molecule has 0 radical (unpaired) electrons. The molecule has 0 spiro atoms. The van der Waals surface area contributed by atoms with Crippen LogP contribution in [0.2, 0.25) is 0 Å². The second kappa shape index (κ2) is 3.52. The maximum absolute atomic E-state index is 12.0. The number of carbonyl (C=O) groups is 1. The van der Waals surface area contributed by atoms with Gasteiger partial charge in [-0.15, -0.1) is 0 Å². The Morgan fingerprint density at radius 2 is 2.12 bits per heavy atom. The molecule has 1 atom stereocenters. The molecule has 3 heteroatoms. The van der Waals surface area contributed by atoms with E-state index in [0.29, 0.717) is 12.1 Å². The Hall–Kier alpha value is -2.03. The first-order valence-electron chi connectivity index (χ1n) is 5.27. The van der Waals surface area contributed by atoms with Gasteiger partial charge in [0.1, 0.15) is 5.75 Å². The number of aromatic nitrogens is 1. The third-order valence-electron chi connectivity index (χ3n) is 2.80. The zero-order valence-corrected chi connectivity index (χ0v) is 8.64. The molecule has 0 saturated heterocycles. The van der Waals surface area contributed by atoms with Crippen LogP contribution in [0.25, 0.3) is 0 Å². The van der Waals surface area contributed by atoms with Gasteiger partial charge in [0, 0.05) is 12.6 Å². The lowest BCUT2D eigenvalue weighted by molar-refractivity contribution is 0.0820. The van der Waals surface area contributed by atoms with Crippen LogP contribution in [0.1, 0.15) is 16.1 Å². The molecule has 1 aromatic heterocycles. The summed E-state index contributed by atoms with van der Waals surface area (Å²) in [5, 5.41) is 0. The molecule has 16 heavy (non-hydrogen) atoms. The lowest BCUT2D eigenvalue weighted by Crippen LogP contribution is -2.25. The van der Waals surface area contributed by atoms with Gasteiger partial charge >= 0.3 is 0 Å². The number of Topliss-reactive ketones (excluding diaryl/α,β-unsaturated/α-hetero) is 1. The molecule has 0 aliphatic carbocycles. The second-order valence-corrected chi connectivity index (χ2v) is 3.87. The molecule has 80 valence electrons. The molecule has 1 aliphatic heterocycles. The van der Waals surface area contributed by atoms with E-state index in [1.165, 1.54) is 0 Å². The Labute approximate surface area is 93.1 Å². The Morgan fingerprint density at radius 3 is 2.88 bits per heavy atom. The van der Waals surface area contributed by atoms with Gasteiger partial charge in [-0.2, -0.15) is 0 Å². The minimum Gasteiger partial charge on any atom is -0.482 e. The Balaban J connectivity index is 1.84. The minimum atomic E-state index is -0.379. The van der Waals surface area contributed by atoms with Crippen LogP contribution in [0.15, 0.2) is 42.6 Å². The van der Waals surface area contributed by atoms with E-state index in [2.05, 4.69) is 4.98 Å². The molecule has 1 aliphatic rings. The summed E-state index contributed by atoms with van der Waals surface area (Å²) in [4.78, 5) is 14.9. The maximum atomic E-state index is 12.0. The zero-order valence-electron chi connectivity index (χ0n) is 8.64. The first-order valence-corrected chi connectivity index (χ1v) is 5.27. The number of ether oxygens (including phenoxy) is 1. The standard InChI is InChI=1S/C13H11NO2/c15-13(10-5-3-7-14-10)12-8-9-4-1-2-6-11(9)16-12/h1-7,12,14H,8H2. The topological polar surface area (TPSA) is 42.1 Å². The van der Waals surface area contributed by atoms with E-state index in [-0.39, 0.29) is 11.9 Å². The number of benzene rings is 1. The van der Waals surface area contributed by atoms with Gasteiger partial charge in [0.2, 0.25) is 5.78 Å².